The molecule has 1 spiro atoms. The number of nitrogens with zero attached hydrogens (tertiary/aromatic N) is 3. The largest absolute Gasteiger partial charge is 0.496 e. The third-order valence-corrected chi connectivity index (χ3v) is 9.34. The molecule has 41 heavy (non-hydrogen) atoms. The van der Waals surface area contributed by atoms with Gasteiger partial charge in [0.05, 0.1) is 18.6 Å². The SMILES string of the molecule is COc1cccc2[nH]c(C(=O)N(C)[C@@H](CC3CCCCC3)C(=O)N3C[C@]4(C[C@H]3C#N)C(=O)Nc3ccccc34)cc12. The molecule has 0 unspecified atom stereocenters. The second-order valence-electron chi connectivity index (χ2n) is 11.7. The summed E-state index contributed by atoms with van der Waals surface area (Å²) in [5, 5.41) is 13.9. The summed E-state index contributed by atoms with van der Waals surface area (Å²) in [5.41, 5.74) is 1.71. The molecule has 0 radical (unpaired) electrons. The molecule has 2 aromatic carbocycles. The standard InChI is InChI=1S/C32H35N5O4/c1-36(29(38)26-16-22-24(34-26)13-8-14-28(22)41-2)27(15-20-9-4-3-5-10-20)30(39)37-19-32(17-21(37)18-33)23-11-6-7-12-25(23)35-31(32)40/h6-8,11-14,16,20-21,27,34H,3-5,9-10,15,17,19H2,1-2H3,(H,35,40)/t21-,27-,32-/m0/s1. The molecule has 2 N–H and O–H groups in total. The first-order chi connectivity index (χ1) is 19.9. The minimum Gasteiger partial charge on any atom is -0.496 e. The lowest BCUT2D eigenvalue weighted by molar-refractivity contribution is -0.136. The van der Waals surface area contributed by atoms with Crippen LogP contribution in [0.3, 0.4) is 0 Å². The van der Waals surface area contributed by atoms with Gasteiger partial charge in [0.2, 0.25) is 11.8 Å². The van der Waals surface area contributed by atoms with E-state index in [1.54, 1.807) is 25.1 Å². The van der Waals surface area contributed by atoms with Crippen molar-refractivity contribution in [3.05, 3.63) is 59.8 Å². The summed E-state index contributed by atoms with van der Waals surface area (Å²) in [7, 11) is 3.26. The summed E-state index contributed by atoms with van der Waals surface area (Å²) in [4.78, 5) is 47.9. The van der Waals surface area contributed by atoms with Gasteiger partial charge in [-0.2, -0.15) is 5.26 Å². The van der Waals surface area contributed by atoms with Crippen molar-refractivity contribution in [1.82, 2.24) is 14.8 Å². The monoisotopic (exact) mass is 553 g/mol. The molecule has 1 saturated carbocycles. The first-order valence-electron chi connectivity index (χ1n) is 14.4. The van der Waals surface area contributed by atoms with Crippen LogP contribution < -0.4 is 10.1 Å². The Hall–Kier alpha value is -4.32. The maximum absolute atomic E-state index is 14.4. The topological polar surface area (TPSA) is 119 Å². The van der Waals surface area contributed by atoms with E-state index in [-0.39, 0.29) is 30.7 Å². The number of carbonyl (C=O) groups is 3. The van der Waals surface area contributed by atoms with Crippen LogP contribution >= 0.6 is 0 Å². The summed E-state index contributed by atoms with van der Waals surface area (Å²) in [6.45, 7) is 0.111. The van der Waals surface area contributed by atoms with Crippen molar-refractivity contribution >= 4 is 34.3 Å². The minimum absolute atomic E-state index is 0.111. The number of hydrogen-bond donors (Lipinski definition) is 2. The van der Waals surface area contributed by atoms with Crippen LogP contribution in [0.2, 0.25) is 0 Å². The maximum atomic E-state index is 14.4. The van der Waals surface area contributed by atoms with E-state index >= 15 is 0 Å². The van der Waals surface area contributed by atoms with Gasteiger partial charge in [-0.15, -0.1) is 0 Å². The fraction of sp³-hybridized carbons (Fsp3) is 0.438. The maximum Gasteiger partial charge on any atom is 0.270 e. The number of likely N-dealkylation sites (N-methyl/N-ethyl adjacent to an activating group) is 1. The van der Waals surface area contributed by atoms with Crippen LogP contribution in [0.5, 0.6) is 5.75 Å². The first kappa shape index (κ1) is 26.9. The van der Waals surface area contributed by atoms with E-state index in [1.165, 1.54) is 11.3 Å². The van der Waals surface area contributed by atoms with Gasteiger partial charge in [0.1, 0.15) is 23.5 Å². The van der Waals surface area contributed by atoms with Crippen LogP contribution in [0.25, 0.3) is 10.9 Å². The lowest BCUT2D eigenvalue weighted by Crippen LogP contribution is -2.52. The highest BCUT2D eigenvalue weighted by Crippen LogP contribution is 2.46. The Morgan fingerprint density at radius 1 is 1.17 bits per heavy atom. The highest BCUT2D eigenvalue weighted by molar-refractivity contribution is 6.07. The van der Waals surface area contributed by atoms with Gasteiger partial charge in [0.15, 0.2) is 0 Å². The molecule has 6 rings (SSSR count). The van der Waals surface area contributed by atoms with Crippen LogP contribution in [-0.4, -0.2) is 65.3 Å². The van der Waals surface area contributed by atoms with Crippen molar-refractivity contribution in [1.29, 1.82) is 5.26 Å². The molecule has 3 aromatic rings. The van der Waals surface area contributed by atoms with Gasteiger partial charge >= 0.3 is 0 Å². The van der Waals surface area contributed by atoms with Gasteiger partial charge in [-0.25, -0.2) is 0 Å². The number of para-hydroxylation sites is 1. The highest BCUT2D eigenvalue weighted by Gasteiger charge is 2.56. The summed E-state index contributed by atoms with van der Waals surface area (Å²) in [5.74, 6) is 0.201. The second kappa shape index (κ2) is 10.6. The molecule has 3 aliphatic rings. The Labute approximate surface area is 239 Å². The number of nitriles is 1. The average Bonchev–Trinajstić information content (AvgIpc) is 3.69. The number of fused-ring (bicyclic) bond motifs is 3. The van der Waals surface area contributed by atoms with E-state index < -0.39 is 17.5 Å². The van der Waals surface area contributed by atoms with Crippen molar-refractivity contribution in [2.75, 3.05) is 26.0 Å². The lowest BCUT2D eigenvalue weighted by atomic mass is 9.80. The van der Waals surface area contributed by atoms with Gasteiger partial charge in [-0.1, -0.05) is 56.4 Å². The van der Waals surface area contributed by atoms with E-state index in [1.807, 2.05) is 42.5 Å². The third kappa shape index (κ3) is 4.51. The molecule has 3 amide bonds. The molecule has 1 aliphatic carbocycles. The van der Waals surface area contributed by atoms with Crippen molar-refractivity contribution in [3.8, 4) is 11.8 Å². The Kier molecular flexibility index (Phi) is 6.94. The quantitative estimate of drug-likeness (QED) is 0.463. The molecule has 9 heteroatoms. The average molecular weight is 554 g/mol. The number of carbonyl (C=O) groups excluding carboxylic acids is 3. The summed E-state index contributed by atoms with van der Waals surface area (Å²) in [6.07, 6.45) is 6.17. The molecular weight excluding hydrogens is 518 g/mol. The molecule has 3 heterocycles. The number of nitrogens with one attached hydrogen (secondary N) is 2. The van der Waals surface area contributed by atoms with Crippen LogP contribution in [0.1, 0.15) is 61.0 Å². The molecule has 212 valence electrons. The highest BCUT2D eigenvalue weighted by atomic mass is 16.5. The van der Waals surface area contributed by atoms with E-state index in [2.05, 4.69) is 16.4 Å². The fourth-order valence-electron chi connectivity index (χ4n) is 7.09. The molecule has 1 saturated heterocycles. The number of amides is 3. The smallest absolute Gasteiger partial charge is 0.270 e. The Morgan fingerprint density at radius 2 is 1.95 bits per heavy atom. The van der Waals surface area contributed by atoms with Crippen LogP contribution in [-0.2, 0) is 15.0 Å². The predicted molar refractivity (Wildman–Crippen MR) is 154 cm³/mol. The number of aromatic nitrogens is 1. The van der Waals surface area contributed by atoms with E-state index in [0.717, 1.165) is 47.8 Å². The number of aromatic amines is 1. The van der Waals surface area contributed by atoms with Crippen LogP contribution in [0, 0.1) is 17.2 Å². The Morgan fingerprint density at radius 3 is 2.71 bits per heavy atom. The number of ether oxygens (including phenoxy) is 1. The molecule has 3 atom stereocenters. The van der Waals surface area contributed by atoms with Crippen molar-refractivity contribution in [3.63, 3.8) is 0 Å². The van der Waals surface area contributed by atoms with Gasteiger partial charge < -0.3 is 24.8 Å². The predicted octanol–water partition coefficient (Wildman–Crippen LogP) is 4.60. The minimum atomic E-state index is -0.974. The Balaban J connectivity index is 1.33. The number of H-pyrrole nitrogens is 1. The fourth-order valence-corrected chi connectivity index (χ4v) is 7.09. The third-order valence-electron chi connectivity index (χ3n) is 9.34. The molecule has 1 aromatic heterocycles. The summed E-state index contributed by atoms with van der Waals surface area (Å²) in [6, 6.07) is 15.6. The number of hydrogen-bond acceptors (Lipinski definition) is 5. The van der Waals surface area contributed by atoms with Crippen molar-refractivity contribution in [2.45, 2.75) is 62.4 Å². The molecule has 2 aliphatic heterocycles. The van der Waals surface area contributed by atoms with Crippen LogP contribution in [0.15, 0.2) is 48.5 Å². The van der Waals surface area contributed by atoms with Gasteiger partial charge in [0, 0.05) is 36.6 Å². The lowest BCUT2D eigenvalue weighted by Gasteiger charge is -2.35. The molecule has 9 nitrogen and oxygen atoms in total. The second-order valence-corrected chi connectivity index (χ2v) is 11.7. The molecule has 2 fully saturated rings. The molecular formula is C32H35N5O4. The zero-order valence-electron chi connectivity index (χ0n) is 23.5. The number of rotatable bonds is 6. The van der Waals surface area contributed by atoms with Crippen molar-refractivity contribution < 1.29 is 19.1 Å². The van der Waals surface area contributed by atoms with Gasteiger partial charge in [-0.3, -0.25) is 14.4 Å². The van der Waals surface area contributed by atoms with Crippen molar-refractivity contribution in [2.24, 2.45) is 5.92 Å². The Bertz CT molecular complexity index is 1550. The van der Waals surface area contributed by atoms with E-state index in [4.69, 9.17) is 4.74 Å². The first-order valence-corrected chi connectivity index (χ1v) is 14.4. The van der Waals surface area contributed by atoms with Crippen LogP contribution in [0.4, 0.5) is 5.69 Å². The number of methoxy groups -OCH3 is 1. The summed E-state index contributed by atoms with van der Waals surface area (Å²) < 4.78 is 5.47. The normalized spacial score (nSPS) is 22.8. The van der Waals surface area contributed by atoms with E-state index in [0.29, 0.717) is 23.8 Å². The molecule has 0 bridgehead atoms. The van der Waals surface area contributed by atoms with Gasteiger partial charge in [-0.05, 0) is 42.2 Å². The number of benzene rings is 2. The summed E-state index contributed by atoms with van der Waals surface area (Å²) >= 11 is 0. The number of anilines is 1. The number of likely N-dealkylation sites (tertiary alicyclic amines) is 1. The van der Waals surface area contributed by atoms with E-state index in [9.17, 15) is 19.6 Å². The zero-order valence-corrected chi connectivity index (χ0v) is 23.5. The van der Waals surface area contributed by atoms with Gasteiger partial charge in [0.25, 0.3) is 5.91 Å². The zero-order chi connectivity index (χ0) is 28.7.